The van der Waals surface area contributed by atoms with Crippen LogP contribution in [0.4, 0.5) is 0 Å². The molecule has 1 aromatic carbocycles. The van der Waals surface area contributed by atoms with E-state index in [-0.39, 0.29) is 25.5 Å². The first-order valence-electron chi connectivity index (χ1n) is 7.22. The molecule has 0 atom stereocenters. The maximum absolute atomic E-state index is 11.7. The van der Waals surface area contributed by atoms with E-state index in [9.17, 15) is 14.4 Å². The fraction of sp³-hybridized carbons (Fsp3) is 0.438. The first-order chi connectivity index (χ1) is 10.9. The smallest absolute Gasteiger partial charge is 0.307 e. The van der Waals surface area contributed by atoms with Gasteiger partial charge in [-0.1, -0.05) is 17.7 Å². The number of aryl methyl sites for hydroxylation is 1. The summed E-state index contributed by atoms with van der Waals surface area (Å²) in [6, 6.07) is 8.04. The quantitative estimate of drug-likeness (QED) is 0.570. The highest BCUT2D eigenvalue weighted by Gasteiger charge is 2.14. The van der Waals surface area contributed by atoms with Crippen molar-refractivity contribution < 1.29 is 19.1 Å². The van der Waals surface area contributed by atoms with Gasteiger partial charge < -0.3 is 15.0 Å². The first-order valence-corrected chi connectivity index (χ1v) is 8.20. The number of carbonyl (C=O) groups is 3. The molecule has 0 aliphatic rings. The SMILES string of the molecule is CNC(=O)CN(C)C(=O)COC(=O)CCSc1ccc(C)cc1. The lowest BCUT2D eigenvalue weighted by Crippen LogP contribution is -2.39. The number of ether oxygens (including phenoxy) is 1. The van der Waals surface area contributed by atoms with E-state index in [0.717, 1.165) is 4.90 Å². The summed E-state index contributed by atoms with van der Waals surface area (Å²) in [7, 11) is 2.98. The molecule has 2 amide bonds. The van der Waals surface area contributed by atoms with Crippen molar-refractivity contribution in [1.82, 2.24) is 10.2 Å². The molecule has 0 saturated carbocycles. The topological polar surface area (TPSA) is 75.7 Å². The van der Waals surface area contributed by atoms with E-state index in [1.807, 2.05) is 31.2 Å². The molecular weight excluding hydrogens is 316 g/mol. The zero-order chi connectivity index (χ0) is 17.2. The Kier molecular flexibility index (Phi) is 8.18. The number of nitrogens with zero attached hydrogens (tertiary/aromatic N) is 1. The molecule has 6 nitrogen and oxygen atoms in total. The van der Waals surface area contributed by atoms with Gasteiger partial charge in [0.05, 0.1) is 13.0 Å². The third-order valence-electron chi connectivity index (χ3n) is 3.04. The number of hydrogen-bond donors (Lipinski definition) is 1. The second-order valence-electron chi connectivity index (χ2n) is 5.00. The van der Waals surface area contributed by atoms with Gasteiger partial charge in [-0.3, -0.25) is 14.4 Å². The van der Waals surface area contributed by atoms with Gasteiger partial charge >= 0.3 is 5.97 Å². The Morgan fingerprint density at radius 1 is 1.22 bits per heavy atom. The van der Waals surface area contributed by atoms with Crippen LogP contribution in [0.1, 0.15) is 12.0 Å². The van der Waals surface area contributed by atoms with E-state index < -0.39 is 11.9 Å². The number of likely N-dealkylation sites (N-methyl/N-ethyl adjacent to an activating group) is 2. The van der Waals surface area contributed by atoms with Gasteiger partial charge in [0.2, 0.25) is 5.91 Å². The number of amides is 2. The second kappa shape index (κ2) is 9.89. The van der Waals surface area contributed by atoms with Gasteiger partial charge in [0, 0.05) is 24.7 Å². The first kappa shape index (κ1) is 19.0. The minimum atomic E-state index is -0.425. The lowest BCUT2D eigenvalue weighted by atomic mass is 10.2. The summed E-state index contributed by atoms with van der Waals surface area (Å²) >= 11 is 1.56. The maximum atomic E-state index is 11.7. The molecular formula is C16H22N2O4S. The van der Waals surface area contributed by atoms with E-state index in [4.69, 9.17) is 4.74 Å². The molecule has 7 heteroatoms. The highest BCUT2D eigenvalue weighted by molar-refractivity contribution is 7.99. The highest BCUT2D eigenvalue weighted by Crippen LogP contribution is 2.19. The van der Waals surface area contributed by atoms with Gasteiger partial charge in [0.15, 0.2) is 6.61 Å². The monoisotopic (exact) mass is 338 g/mol. The van der Waals surface area contributed by atoms with Crippen molar-refractivity contribution in [2.24, 2.45) is 0 Å². The van der Waals surface area contributed by atoms with Crippen LogP contribution in [0.15, 0.2) is 29.2 Å². The van der Waals surface area contributed by atoms with Crippen LogP contribution in [0.25, 0.3) is 0 Å². The van der Waals surface area contributed by atoms with Gasteiger partial charge in [-0.05, 0) is 19.1 Å². The number of nitrogens with one attached hydrogen (secondary N) is 1. The normalized spacial score (nSPS) is 10.0. The minimum Gasteiger partial charge on any atom is -0.456 e. The number of rotatable bonds is 8. The van der Waals surface area contributed by atoms with E-state index in [1.54, 1.807) is 11.8 Å². The summed E-state index contributed by atoms with van der Waals surface area (Å²) < 4.78 is 4.92. The molecule has 0 aromatic heterocycles. The summed E-state index contributed by atoms with van der Waals surface area (Å²) in [5.74, 6) is -0.523. The average molecular weight is 338 g/mol. The van der Waals surface area contributed by atoms with Crippen LogP contribution >= 0.6 is 11.8 Å². The molecule has 0 unspecified atom stereocenters. The number of carbonyl (C=O) groups excluding carboxylic acids is 3. The molecule has 23 heavy (non-hydrogen) atoms. The van der Waals surface area contributed by atoms with Gasteiger partial charge in [0.1, 0.15) is 0 Å². The Balaban J connectivity index is 2.22. The fourth-order valence-corrected chi connectivity index (χ4v) is 2.43. The van der Waals surface area contributed by atoms with Crippen LogP contribution in [-0.4, -0.2) is 55.7 Å². The highest BCUT2D eigenvalue weighted by atomic mass is 32.2. The number of hydrogen-bond acceptors (Lipinski definition) is 5. The molecule has 1 aromatic rings. The third kappa shape index (κ3) is 7.69. The molecule has 0 saturated heterocycles. The maximum Gasteiger partial charge on any atom is 0.307 e. The second-order valence-corrected chi connectivity index (χ2v) is 6.16. The van der Waals surface area contributed by atoms with Crippen LogP contribution < -0.4 is 5.32 Å². The molecule has 0 heterocycles. The van der Waals surface area contributed by atoms with Crippen molar-refractivity contribution in [3.8, 4) is 0 Å². The minimum absolute atomic E-state index is 0.0594. The van der Waals surface area contributed by atoms with E-state index in [0.29, 0.717) is 5.75 Å². The summed E-state index contributed by atoms with van der Waals surface area (Å²) in [4.78, 5) is 36.7. The van der Waals surface area contributed by atoms with Crippen molar-refractivity contribution in [2.75, 3.05) is 33.0 Å². The third-order valence-corrected chi connectivity index (χ3v) is 4.05. The molecule has 0 aliphatic heterocycles. The zero-order valence-electron chi connectivity index (χ0n) is 13.6. The molecule has 0 fully saturated rings. The van der Waals surface area contributed by atoms with Crippen LogP contribution in [0, 0.1) is 6.92 Å². The number of esters is 1. The molecule has 1 rings (SSSR count). The largest absolute Gasteiger partial charge is 0.456 e. The Hall–Kier alpha value is -2.02. The molecule has 0 aliphatic carbocycles. The van der Waals surface area contributed by atoms with Gasteiger partial charge in [-0.25, -0.2) is 0 Å². The van der Waals surface area contributed by atoms with Crippen LogP contribution in [0.3, 0.4) is 0 Å². The number of benzene rings is 1. The van der Waals surface area contributed by atoms with Crippen LogP contribution in [0.2, 0.25) is 0 Å². The van der Waals surface area contributed by atoms with Gasteiger partial charge in [-0.15, -0.1) is 11.8 Å². The van der Waals surface area contributed by atoms with Crippen molar-refractivity contribution in [3.63, 3.8) is 0 Å². The van der Waals surface area contributed by atoms with E-state index in [2.05, 4.69) is 5.32 Å². The lowest BCUT2D eigenvalue weighted by Gasteiger charge is -2.15. The van der Waals surface area contributed by atoms with Crippen LogP contribution in [-0.2, 0) is 19.1 Å². The summed E-state index contributed by atoms with van der Waals surface area (Å²) in [6.07, 6.45) is 0.227. The molecule has 0 bridgehead atoms. The fourth-order valence-electron chi connectivity index (χ4n) is 1.59. The Morgan fingerprint density at radius 3 is 2.48 bits per heavy atom. The van der Waals surface area contributed by atoms with Crippen molar-refractivity contribution in [1.29, 1.82) is 0 Å². The molecule has 0 radical (unpaired) electrons. The average Bonchev–Trinajstić information content (AvgIpc) is 2.54. The van der Waals surface area contributed by atoms with Gasteiger partial charge in [0.25, 0.3) is 5.91 Å². The molecule has 0 spiro atoms. The van der Waals surface area contributed by atoms with Crippen molar-refractivity contribution in [2.45, 2.75) is 18.2 Å². The number of thioether (sulfide) groups is 1. The summed E-state index contributed by atoms with van der Waals surface area (Å²) in [6.45, 7) is 1.61. The van der Waals surface area contributed by atoms with Crippen LogP contribution in [0.5, 0.6) is 0 Å². The molecule has 1 N–H and O–H groups in total. The predicted octanol–water partition coefficient (Wildman–Crippen LogP) is 1.22. The summed E-state index contributed by atoms with van der Waals surface area (Å²) in [5.41, 5.74) is 1.19. The lowest BCUT2D eigenvalue weighted by molar-refractivity contribution is -0.151. The Labute approximate surface area is 140 Å². The van der Waals surface area contributed by atoms with Crippen molar-refractivity contribution in [3.05, 3.63) is 29.8 Å². The molecule has 126 valence electrons. The van der Waals surface area contributed by atoms with E-state index in [1.165, 1.54) is 24.6 Å². The summed E-state index contributed by atoms with van der Waals surface area (Å²) in [5, 5.41) is 2.42. The van der Waals surface area contributed by atoms with Gasteiger partial charge in [-0.2, -0.15) is 0 Å². The zero-order valence-corrected chi connectivity index (χ0v) is 14.4. The van der Waals surface area contributed by atoms with E-state index >= 15 is 0 Å². The Morgan fingerprint density at radius 2 is 1.87 bits per heavy atom. The standard InChI is InChI=1S/C16H22N2O4S/c1-12-4-6-13(7-5-12)23-9-8-16(21)22-11-15(20)18(3)10-14(19)17-2/h4-7H,8-11H2,1-3H3,(H,17,19). The Bertz CT molecular complexity index is 546. The van der Waals surface area contributed by atoms with Crippen molar-refractivity contribution >= 4 is 29.5 Å². The predicted molar refractivity (Wildman–Crippen MR) is 89.2 cm³/mol.